The SMILES string of the molecule is CC1CCC(c2nc3cc(CN)ccc3n2C2CC2)O1. The minimum Gasteiger partial charge on any atom is -0.367 e. The first-order chi connectivity index (χ1) is 9.76. The summed E-state index contributed by atoms with van der Waals surface area (Å²) in [4.78, 5) is 4.88. The van der Waals surface area contributed by atoms with Gasteiger partial charge in [0.2, 0.25) is 0 Å². The molecule has 2 heterocycles. The van der Waals surface area contributed by atoms with Gasteiger partial charge in [0.1, 0.15) is 11.9 Å². The molecule has 2 unspecified atom stereocenters. The summed E-state index contributed by atoms with van der Waals surface area (Å²) in [5.41, 5.74) is 9.19. The van der Waals surface area contributed by atoms with E-state index >= 15 is 0 Å². The molecule has 1 saturated heterocycles. The lowest BCUT2D eigenvalue weighted by atomic mass is 10.2. The van der Waals surface area contributed by atoms with E-state index in [-0.39, 0.29) is 6.10 Å². The van der Waals surface area contributed by atoms with Crippen molar-refractivity contribution in [3.63, 3.8) is 0 Å². The molecule has 4 heteroatoms. The van der Waals surface area contributed by atoms with Crippen LogP contribution in [0.15, 0.2) is 18.2 Å². The molecule has 106 valence electrons. The van der Waals surface area contributed by atoms with Crippen molar-refractivity contribution in [3.8, 4) is 0 Å². The molecule has 2 fully saturated rings. The first-order valence-electron chi connectivity index (χ1n) is 7.62. The monoisotopic (exact) mass is 271 g/mol. The number of imidazole rings is 1. The molecule has 1 saturated carbocycles. The Bertz CT molecular complexity index is 644. The standard InChI is InChI=1S/C16H21N3O/c1-10-2-7-15(20-10)16-18-13-8-11(9-17)3-6-14(13)19(16)12-4-5-12/h3,6,8,10,12,15H,2,4-5,7,9,17H2,1H3. The summed E-state index contributed by atoms with van der Waals surface area (Å²) in [5, 5.41) is 0. The van der Waals surface area contributed by atoms with Crippen molar-refractivity contribution in [1.82, 2.24) is 9.55 Å². The van der Waals surface area contributed by atoms with Crippen LogP contribution in [0.5, 0.6) is 0 Å². The first-order valence-corrected chi connectivity index (χ1v) is 7.62. The molecule has 0 bridgehead atoms. The smallest absolute Gasteiger partial charge is 0.139 e. The van der Waals surface area contributed by atoms with Crippen LogP contribution in [-0.4, -0.2) is 15.7 Å². The van der Waals surface area contributed by atoms with E-state index in [0.29, 0.717) is 18.7 Å². The van der Waals surface area contributed by atoms with Crippen molar-refractivity contribution in [1.29, 1.82) is 0 Å². The normalized spacial score (nSPS) is 26.5. The van der Waals surface area contributed by atoms with Crippen LogP contribution in [0.1, 0.15) is 56.1 Å². The summed E-state index contributed by atoms with van der Waals surface area (Å²) in [6.45, 7) is 2.72. The maximum absolute atomic E-state index is 6.04. The van der Waals surface area contributed by atoms with Crippen LogP contribution in [-0.2, 0) is 11.3 Å². The zero-order chi connectivity index (χ0) is 13.7. The second-order valence-corrected chi connectivity index (χ2v) is 6.11. The highest BCUT2D eigenvalue weighted by Gasteiger charge is 2.34. The van der Waals surface area contributed by atoms with Crippen molar-refractivity contribution in [2.24, 2.45) is 5.73 Å². The van der Waals surface area contributed by atoms with E-state index in [1.165, 1.54) is 18.4 Å². The van der Waals surface area contributed by atoms with Crippen molar-refractivity contribution < 1.29 is 4.74 Å². The van der Waals surface area contributed by atoms with Crippen molar-refractivity contribution in [2.45, 2.75) is 57.4 Å². The van der Waals surface area contributed by atoms with Crippen LogP contribution in [0.4, 0.5) is 0 Å². The molecule has 0 radical (unpaired) electrons. The summed E-state index contributed by atoms with van der Waals surface area (Å²) in [6.07, 6.45) is 5.26. The van der Waals surface area contributed by atoms with Gasteiger partial charge in [-0.05, 0) is 50.3 Å². The topological polar surface area (TPSA) is 53.1 Å². The molecule has 2 N–H and O–H groups in total. The molecular weight excluding hydrogens is 250 g/mol. The number of hydrogen-bond donors (Lipinski definition) is 1. The minimum absolute atomic E-state index is 0.166. The van der Waals surface area contributed by atoms with E-state index in [1.807, 2.05) is 0 Å². The van der Waals surface area contributed by atoms with Crippen molar-refractivity contribution in [2.75, 3.05) is 0 Å². The molecule has 1 aliphatic heterocycles. The number of ether oxygens (including phenoxy) is 1. The highest BCUT2D eigenvalue weighted by Crippen LogP contribution is 2.42. The fourth-order valence-corrected chi connectivity index (χ4v) is 3.23. The van der Waals surface area contributed by atoms with Crippen LogP contribution in [0.2, 0.25) is 0 Å². The predicted octanol–water partition coefficient (Wildman–Crippen LogP) is 3.07. The van der Waals surface area contributed by atoms with Crippen molar-refractivity contribution >= 4 is 11.0 Å². The van der Waals surface area contributed by atoms with Gasteiger partial charge in [-0.3, -0.25) is 0 Å². The van der Waals surface area contributed by atoms with E-state index in [0.717, 1.165) is 29.7 Å². The number of nitrogens with zero attached hydrogens (tertiary/aromatic N) is 2. The highest BCUT2D eigenvalue weighted by atomic mass is 16.5. The Morgan fingerprint density at radius 2 is 2.15 bits per heavy atom. The average Bonchev–Trinajstić information content (AvgIpc) is 3.09. The number of nitrogens with two attached hydrogens (primary N) is 1. The van der Waals surface area contributed by atoms with Crippen LogP contribution in [0, 0.1) is 0 Å². The Morgan fingerprint density at radius 3 is 2.80 bits per heavy atom. The molecule has 2 aliphatic rings. The number of hydrogen-bond acceptors (Lipinski definition) is 3. The lowest BCUT2D eigenvalue weighted by Gasteiger charge is -2.13. The van der Waals surface area contributed by atoms with Gasteiger partial charge < -0.3 is 15.0 Å². The molecule has 0 spiro atoms. The third-order valence-corrected chi connectivity index (χ3v) is 4.45. The Morgan fingerprint density at radius 1 is 1.30 bits per heavy atom. The van der Waals surface area contributed by atoms with Gasteiger partial charge in [0.05, 0.1) is 17.1 Å². The summed E-state index contributed by atoms with van der Waals surface area (Å²) < 4.78 is 8.46. The lowest BCUT2D eigenvalue weighted by Crippen LogP contribution is -2.08. The first kappa shape index (κ1) is 12.4. The van der Waals surface area contributed by atoms with Crippen LogP contribution >= 0.6 is 0 Å². The summed E-state index contributed by atoms with van der Waals surface area (Å²) in [7, 11) is 0. The fourth-order valence-electron chi connectivity index (χ4n) is 3.23. The Labute approximate surface area is 118 Å². The molecule has 1 aliphatic carbocycles. The molecule has 1 aromatic carbocycles. The summed E-state index contributed by atoms with van der Waals surface area (Å²) in [6, 6.07) is 7.03. The maximum atomic E-state index is 6.04. The second-order valence-electron chi connectivity index (χ2n) is 6.11. The van der Waals surface area contributed by atoms with E-state index in [4.69, 9.17) is 15.5 Å². The van der Waals surface area contributed by atoms with Gasteiger partial charge in [-0.15, -0.1) is 0 Å². The summed E-state index contributed by atoms with van der Waals surface area (Å²) in [5.74, 6) is 1.13. The molecular formula is C16H21N3O. The largest absolute Gasteiger partial charge is 0.367 e. The second kappa shape index (κ2) is 4.57. The molecule has 1 aromatic heterocycles. The quantitative estimate of drug-likeness (QED) is 0.933. The zero-order valence-corrected chi connectivity index (χ0v) is 11.9. The molecule has 4 nitrogen and oxygen atoms in total. The third-order valence-electron chi connectivity index (χ3n) is 4.45. The molecule has 0 amide bonds. The Hall–Kier alpha value is -1.39. The highest BCUT2D eigenvalue weighted by molar-refractivity contribution is 5.77. The number of rotatable bonds is 3. The zero-order valence-electron chi connectivity index (χ0n) is 11.9. The van der Waals surface area contributed by atoms with Crippen molar-refractivity contribution in [3.05, 3.63) is 29.6 Å². The van der Waals surface area contributed by atoms with Gasteiger partial charge >= 0.3 is 0 Å². The molecule has 2 atom stereocenters. The number of benzene rings is 1. The van der Waals surface area contributed by atoms with E-state index in [2.05, 4.69) is 29.7 Å². The van der Waals surface area contributed by atoms with Gasteiger partial charge in [0.25, 0.3) is 0 Å². The lowest BCUT2D eigenvalue weighted by molar-refractivity contribution is 0.0484. The van der Waals surface area contributed by atoms with Gasteiger partial charge in [0, 0.05) is 12.6 Å². The number of aromatic nitrogens is 2. The van der Waals surface area contributed by atoms with Gasteiger partial charge in [-0.25, -0.2) is 4.98 Å². The number of fused-ring (bicyclic) bond motifs is 1. The van der Waals surface area contributed by atoms with E-state index in [1.54, 1.807) is 0 Å². The van der Waals surface area contributed by atoms with Gasteiger partial charge in [-0.2, -0.15) is 0 Å². The molecule has 2 aromatic rings. The fraction of sp³-hybridized carbons (Fsp3) is 0.562. The molecule has 20 heavy (non-hydrogen) atoms. The van der Waals surface area contributed by atoms with Crippen LogP contribution in [0.25, 0.3) is 11.0 Å². The maximum Gasteiger partial charge on any atom is 0.139 e. The Kier molecular flexibility index (Phi) is 2.82. The predicted molar refractivity (Wildman–Crippen MR) is 78.4 cm³/mol. The van der Waals surface area contributed by atoms with Crippen LogP contribution in [0.3, 0.4) is 0 Å². The van der Waals surface area contributed by atoms with Gasteiger partial charge in [-0.1, -0.05) is 6.07 Å². The third kappa shape index (κ3) is 1.95. The van der Waals surface area contributed by atoms with Crippen LogP contribution < -0.4 is 5.73 Å². The van der Waals surface area contributed by atoms with Gasteiger partial charge in [0.15, 0.2) is 0 Å². The summed E-state index contributed by atoms with van der Waals surface area (Å²) >= 11 is 0. The average molecular weight is 271 g/mol. The van der Waals surface area contributed by atoms with E-state index in [9.17, 15) is 0 Å². The minimum atomic E-state index is 0.166. The van der Waals surface area contributed by atoms with E-state index < -0.39 is 0 Å². The Balaban J connectivity index is 1.84. The molecule has 4 rings (SSSR count).